The van der Waals surface area contributed by atoms with E-state index in [1.54, 1.807) is 24.5 Å². The Balaban J connectivity index is 1.94. The Labute approximate surface area is 138 Å². The summed E-state index contributed by atoms with van der Waals surface area (Å²) in [6, 6.07) is 11.6. The zero-order valence-electron chi connectivity index (χ0n) is 12.9. The Kier molecular flexibility index (Phi) is 3.66. The Morgan fingerprint density at radius 3 is 2.87 bits per heavy atom. The third-order valence-corrected chi connectivity index (χ3v) is 5.27. The molecule has 5 nitrogen and oxygen atoms in total. The van der Waals surface area contributed by atoms with Crippen molar-refractivity contribution in [3.8, 4) is 17.2 Å². The van der Waals surface area contributed by atoms with E-state index in [9.17, 15) is 4.79 Å². The van der Waals surface area contributed by atoms with Crippen molar-refractivity contribution in [2.75, 3.05) is 7.05 Å². The van der Waals surface area contributed by atoms with Crippen molar-refractivity contribution < 1.29 is 4.79 Å². The van der Waals surface area contributed by atoms with E-state index >= 15 is 0 Å². The highest BCUT2D eigenvalue weighted by atomic mass is 32.1. The highest BCUT2D eigenvalue weighted by molar-refractivity contribution is 7.10. The number of thiophene rings is 1. The molecule has 1 aromatic carbocycles. The fourth-order valence-electron chi connectivity index (χ4n) is 2.63. The van der Waals surface area contributed by atoms with E-state index in [1.165, 1.54) is 4.90 Å². The highest BCUT2D eigenvalue weighted by Gasteiger charge is 2.38. The Bertz CT molecular complexity index is 815. The van der Waals surface area contributed by atoms with Crippen LogP contribution in [0, 0.1) is 16.7 Å². The molecule has 1 saturated heterocycles. The number of nitrogens with one attached hydrogen (secondary N) is 2. The molecule has 1 aliphatic rings. The first-order chi connectivity index (χ1) is 10.9. The first-order valence-electron chi connectivity index (χ1n) is 7.16. The van der Waals surface area contributed by atoms with Crippen LogP contribution in [0.1, 0.15) is 23.8 Å². The third kappa shape index (κ3) is 2.71. The summed E-state index contributed by atoms with van der Waals surface area (Å²) < 4.78 is 0. The minimum Gasteiger partial charge on any atom is -0.345 e. The molecular formula is C17H16N4OS. The molecule has 0 radical (unpaired) electrons. The summed E-state index contributed by atoms with van der Waals surface area (Å²) in [7, 11) is 1.60. The van der Waals surface area contributed by atoms with E-state index in [-0.39, 0.29) is 11.9 Å². The van der Waals surface area contributed by atoms with Crippen LogP contribution in [-0.4, -0.2) is 23.8 Å². The number of rotatable bonds is 2. The molecular weight excluding hydrogens is 308 g/mol. The van der Waals surface area contributed by atoms with Crippen molar-refractivity contribution in [3.05, 3.63) is 46.2 Å². The molecule has 23 heavy (non-hydrogen) atoms. The van der Waals surface area contributed by atoms with Crippen LogP contribution in [0.5, 0.6) is 0 Å². The number of nitrogens with zero attached hydrogens (tertiary/aromatic N) is 2. The van der Waals surface area contributed by atoms with Crippen molar-refractivity contribution in [1.82, 2.24) is 10.2 Å². The lowest BCUT2D eigenvalue weighted by molar-refractivity contribution is -0.129. The summed E-state index contributed by atoms with van der Waals surface area (Å²) in [5, 5.41) is 22.1. The largest absolute Gasteiger partial charge is 0.345 e. The maximum absolute atomic E-state index is 12.1. The smallest absolute Gasteiger partial charge is 0.231 e. The molecule has 1 aliphatic heterocycles. The number of carbonyl (C=O) groups excluding carboxylic acids is 1. The summed E-state index contributed by atoms with van der Waals surface area (Å²) in [4.78, 5) is 14.4. The Morgan fingerprint density at radius 1 is 1.39 bits per heavy atom. The fraction of sp³-hybridized carbons (Fsp3) is 0.235. The standard InChI is InChI=1S/C17H16N4OS/c1-17(8-15(22)21(2)16(19)20-17)14-7-13(10-23-14)12-5-3-4-11(6-12)9-18/h3-7,10H,8H2,1-2H3,(H2,19,20)/t17-/m0/s1. The number of amides is 1. The van der Waals surface area contributed by atoms with E-state index in [2.05, 4.69) is 11.4 Å². The summed E-state index contributed by atoms with van der Waals surface area (Å²) >= 11 is 1.56. The van der Waals surface area contributed by atoms with Gasteiger partial charge in [-0.3, -0.25) is 15.1 Å². The maximum Gasteiger partial charge on any atom is 0.231 e. The minimum absolute atomic E-state index is 0.0716. The van der Waals surface area contributed by atoms with Crippen molar-refractivity contribution in [1.29, 1.82) is 10.7 Å². The first kappa shape index (κ1) is 15.3. The monoisotopic (exact) mass is 324 g/mol. The zero-order valence-corrected chi connectivity index (χ0v) is 13.7. The van der Waals surface area contributed by atoms with Gasteiger partial charge in [-0.2, -0.15) is 5.26 Å². The lowest BCUT2D eigenvalue weighted by Gasteiger charge is -2.38. The molecule has 116 valence electrons. The van der Waals surface area contributed by atoms with Crippen LogP contribution in [0.3, 0.4) is 0 Å². The lowest BCUT2D eigenvalue weighted by Crippen LogP contribution is -2.57. The van der Waals surface area contributed by atoms with Crippen LogP contribution >= 0.6 is 11.3 Å². The predicted octanol–water partition coefficient (Wildman–Crippen LogP) is 2.89. The number of hydrogen-bond donors (Lipinski definition) is 2. The molecule has 0 spiro atoms. The van der Waals surface area contributed by atoms with Gasteiger partial charge in [-0.05, 0) is 41.6 Å². The second-order valence-corrected chi connectivity index (χ2v) is 6.74. The summed E-state index contributed by atoms with van der Waals surface area (Å²) in [5.74, 6) is 0.0443. The van der Waals surface area contributed by atoms with Gasteiger partial charge in [-0.1, -0.05) is 12.1 Å². The maximum atomic E-state index is 12.1. The lowest BCUT2D eigenvalue weighted by atomic mass is 9.92. The van der Waals surface area contributed by atoms with Crippen LogP contribution in [0.2, 0.25) is 0 Å². The topological polar surface area (TPSA) is 80.0 Å². The quantitative estimate of drug-likeness (QED) is 0.891. The van der Waals surface area contributed by atoms with E-state index < -0.39 is 5.54 Å². The number of benzene rings is 1. The molecule has 0 unspecified atom stereocenters. The van der Waals surface area contributed by atoms with E-state index in [0.29, 0.717) is 12.0 Å². The summed E-state index contributed by atoms with van der Waals surface area (Å²) in [6.45, 7) is 1.94. The van der Waals surface area contributed by atoms with Crippen LogP contribution in [0.25, 0.3) is 11.1 Å². The molecule has 2 N–H and O–H groups in total. The second-order valence-electron chi connectivity index (χ2n) is 5.83. The van der Waals surface area contributed by atoms with Crippen molar-refractivity contribution in [2.24, 2.45) is 0 Å². The van der Waals surface area contributed by atoms with Crippen LogP contribution < -0.4 is 5.32 Å². The molecule has 1 aromatic heterocycles. The molecule has 0 aliphatic carbocycles. The average Bonchev–Trinajstić information content (AvgIpc) is 3.03. The predicted molar refractivity (Wildman–Crippen MR) is 90.1 cm³/mol. The molecule has 2 aromatic rings. The van der Waals surface area contributed by atoms with Crippen LogP contribution in [0.4, 0.5) is 0 Å². The number of nitriles is 1. The van der Waals surface area contributed by atoms with Gasteiger partial charge in [0.15, 0.2) is 5.96 Å². The zero-order chi connectivity index (χ0) is 16.6. The molecule has 6 heteroatoms. The van der Waals surface area contributed by atoms with Crippen LogP contribution in [0.15, 0.2) is 35.7 Å². The van der Waals surface area contributed by atoms with Gasteiger partial charge in [-0.25, -0.2) is 0 Å². The van der Waals surface area contributed by atoms with E-state index in [1.807, 2.05) is 36.6 Å². The van der Waals surface area contributed by atoms with Crippen molar-refractivity contribution in [2.45, 2.75) is 18.9 Å². The normalized spacial score (nSPS) is 21.0. The van der Waals surface area contributed by atoms with Crippen molar-refractivity contribution >= 4 is 23.2 Å². The number of guanidine groups is 1. The molecule has 1 atom stereocenters. The third-order valence-electron chi connectivity index (χ3n) is 4.08. The Morgan fingerprint density at radius 2 is 2.17 bits per heavy atom. The van der Waals surface area contributed by atoms with Gasteiger partial charge in [0.2, 0.25) is 5.91 Å². The highest BCUT2D eigenvalue weighted by Crippen LogP contribution is 2.36. The van der Waals surface area contributed by atoms with Gasteiger partial charge >= 0.3 is 0 Å². The molecule has 1 fully saturated rings. The van der Waals surface area contributed by atoms with Gasteiger partial charge < -0.3 is 5.32 Å². The first-order valence-corrected chi connectivity index (χ1v) is 8.04. The second kappa shape index (κ2) is 5.52. The van der Waals surface area contributed by atoms with Crippen LogP contribution in [-0.2, 0) is 10.3 Å². The number of carbonyl (C=O) groups is 1. The van der Waals surface area contributed by atoms with Gasteiger partial charge in [0.05, 0.1) is 23.6 Å². The minimum atomic E-state index is -0.573. The average molecular weight is 324 g/mol. The Hall–Kier alpha value is -2.65. The molecule has 0 bridgehead atoms. The molecule has 0 saturated carbocycles. The SMILES string of the molecule is CN1C(=N)N[C@](C)(c2cc(-c3cccc(C#N)c3)cs2)CC1=O. The van der Waals surface area contributed by atoms with Gasteiger partial charge in [0.1, 0.15) is 0 Å². The number of hydrogen-bond acceptors (Lipinski definition) is 4. The fourth-order valence-corrected chi connectivity index (χ4v) is 3.67. The summed E-state index contributed by atoms with van der Waals surface area (Å²) in [6.07, 6.45) is 0.310. The summed E-state index contributed by atoms with van der Waals surface area (Å²) in [5.41, 5.74) is 2.04. The molecule has 1 amide bonds. The van der Waals surface area contributed by atoms with Gasteiger partial charge in [0.25, 0.3) is 0 Å². The molecule has 2 heterocycles. The molecule has 3 rings (SSSR count). The van der Waals surface area contributed by atoms with E-state index in [0.717, 1.165) is 16.0 Å². The van der Waals surface area contributed by atoms with E-state index in [4.69, 9.17) is 10.7 Å². The van der Waals surface area contributed by atoms with Crippen molar-refractivity contribution in [3.63, 3.8) is 0 Å². The van der Waals surface area contributed by atoms with Gasteiger partial charge in [0, 0.05) is 11.9 Å². The van der Waals surface area contributed by atoms with Gasteiger partial charge in [-0.15, -0.1) is 11.3 Å².